The Morgan fingerprint density at radius 1 is 1.15 bits per heavy atom. The van der Waals surface area contributed by atoms with E-state index in [9.17, 15) is 8.42 Å². The second kappa shape index (κ2) is 9.92. The highest BCUT2D eigenvalue weighted by Gasteiger charge is 2.24. The lowest BCUT2D eigenvalue weighted by Gasteiger charge is -2.30. The van der Waals surface area contributed by atoms with Gasteiger partial charge < -0.3 is 10.6 Å². The predicted octanol–water partition coefficient (Wildman–Crippen LogP) is 1.98. The quantitative estimate of drug-likeness (QED) is 0.560. The Hall–Kier alpha value is -1.60. The first kappa shape index (κ1) is 20.7. The summed E-state index contributed by atoms with van der Waals surface area (Å²) in [4.78, 5) is 4.72. The monoisotopic (exact) mass is 380 g/mol. The normalized spacial score (nSPS) is 17.3. The smallest absolute Gasteiger partial charge is 0.211 e. The molecule has 1 heterocycles. The van der Waals surface area contributed by atoms with Crippen molar-refractivity contribution in [2.45, 2.75) is 39.7 Å². The number of benzene rings is 1. The Morgan fingerprint density at radius 2 is 1.81 bits per heavy atom. The molecular formula is C19H32N4O2S. The van der Waals surface area contributed by atoms with Crippen molar-refractivity contribution in [2.75, 3.05) is 32.4 Å². The van der Waals surface area contributed by atoms with Crippen molar-refractivity contribution in [2.24, 2.45) is 10.9 Å². The predicted molar refractivity (Wildman–Crippen MR) is 108 cm³/mol. The van der Waals surface area contributed by atoms with Crippen molar-refractivity contribution in [3.05, 3.63) is 35.4 Å². The summed E-state index contributed by atoms with van der Waals surface area (Å²) in [7, 11) is -3.06. The Kier molecular flexibility index (Phi) is 7.90. The van der Waals surface area contributed by atoms with E-state index >= 15 is 0 Å². The third-order valence-corrected chi connectivity index (χ3v) is 6.15. The van der Waals surface area contributed by atoms with E-state index in [4.69, 9.17) is 4.99 Å². The van der Waals surface area contributed by atoms with Crippen LogP contribution in [0.25, 0.3) is 0 Å². The summed E-state index contributed by atoms with van der Waals surface area (Å²) in [6, 6.07) is 8.41. The fourth-order valence-electron chi connectivity index (χ4n) is 3.25. The first-order chi connectivity index (χ1) is 12.4. The number of piperidine rings is 1. The van der Waals surface area contributed by atoms with Gasteiger partial charge in [0.25, 0.3) is 0 Å². The number of aryl methyl sites for hydroxylation is 1. The molecule has 0 aromatic heterocycles. The van der Waals surface area contributed by atoms with Crippen LogP contribution in [0.15, 0.2) is 29.3 Å². The molecule has 26 heavy (non-hydrogen) atoms. The molecule has 1 aliphatic heterocycles. The molecule has 0 saturated carbocycles. The average Bonchev–Trinajstić information content (AvgIpc) is 2.64. The van der Waals surface area contributed by atoms with Crippen molar-refractivity contribution in [1.82, 2.24) is 14.9 Å². The van der Waals surface area contributed by atoms with E-state index in [1.54, 1.807) is 4.31 Å². The topological polar surface area (TPSA) is 73.8 Å². The van der Waals surface area contributed by atoms with E-state index in [0.717, 1.165) is 38.3 Å². The fourth-order valence-corrected chi connectivity index (χ4v) is 4.12. The molecule has 2 rings (SSSR count). The minimum absolute atomic E-state index is 0.472. The summed E-state index contributed by atoms with van der Waals surface area (Å²) in [5, 5.41) is 6.72. The largest absolute Gasteiger partial charge is 0.357 e. The minimum atomic E-state index is -3.06. The second-order valence-corrected chi connectivity index (χ2v) is 8.79. The number of rotatable bonds is 7. The zero-order chi connectivity index (χ0) is 19.0. The van der Waals surface area contributed by atoms with Crippen molar-refractivity contribution in [3.63, 3.8) is 0 Å². The fraction of sp³-hybridized carbons (Fsp3) is 0.632. The molecule has 0 unspecified atom stereocenters. The Balaban J connectivity index is 1.88. The average molecular weight is 381 g/mol. The van der Waals surface area contributed by atoms with Gasteiger partial charge in [-0.1, -0.05) is 31.2 Å². The van der Waals surface area contributed by atoms with Crippen LogP contribution in [-0.4, -0.2) is 51.1 Å². The molecule has 0 amide bonds. The van der Waals surface area contributed by atoms with Gasteiger partial charge in [-0.3, -0.25) is 0 Å². The van der Waals surface area contributed by atoms with E-state index < -0.39 is 10.0 Å². The molecule has 0 aliphatic carbocycles. The van der Waals surface area contributed by atoms with Gasteiger partial charge in [0, 0.05) is 26.2 Å². The van der Waals surface area contributed by atoms with Crippen LogP contribution in [0.2, 0.25) is 0 Å². The molecule has 1 aromatic rings. The lowest BCUT2D eigenvalue weighted by Crippen LogP contribution is -2.44. The molecule has 0 atom stereocenters. The highest BCUT2D eigenvalue weighted by atomic mass is 32.2. The first-order valence-corrected chi connectivity index (χ1v) is 11.3. The summed E-state index contributed by atoms with van der Waals surface area (Å²) in [6.45, 7) is 7.74. The van der Waals surface area contributed by atoms with Gasteiger partial charge in [0.05, 0.1) is 12.8 Å². The molecule has 146 valence electrons. The highest BCUT2D eigenvalue weighted by Crippen LogP contribution is 2.18. The molecule has 1 fully saturated rings. The Bertz CT molecular complexity index is 695. The van der Waals surface area contributed by atoms with Gasteiger partial charge in [-0.05, 0) is 43.2 Å². The maximum Gasteiger partial charge on any atom is 0.211 e. The molecular weight excluding hydrogens is 348 g/mol. The van der Waals surface area contributed by atoms with Gasteiger partial charge >= 0.3 is 0 Å². The zero-order valence-electron chi connectivity index (χ0n) is 16.2. The van der Waals surface area contributed by atoms with E-state index in [1.165, 1.54) is 17.4 Å². The van der Waals surface area contributed by atoms with Crippen molar-refractivity contribution in [3.8, 4) is 0 Å². The molecule has 0 radical (unpaired) electrons. The molecule has 1 saturated heterocycles. The maximum atomic E-state index is 11.6. The number of hydrogen-bond donors (Lipinski definition) is 2. The summed E-state index contributed by atoms with van der Waals surface area (Å²) in [5.74, 6) is 1.30. The SMILES string of the molecule is CCNC(=NCc1ccccc1CC)NCC1CCN(S(C)(=O)=O)CC1. The Morgan fingerprint density at radius 3 is 2.38 bits per heavy atom. The van der Waals surface area contributed by atoms with Gasteiger partial charge in [0.1, 0.15) is 0 Å². The summed E-state index contributed by atoms with van der Waals surface area (Å²) < 4.78 is 24.8. The minimum Gasteiger partial charge on any atom is -0.357 e. The molecule has 2 N–H and O–H groups in total. The van der Waals surface area contributed by atoms with Gasteiger partial charge in [0.15, 0.2) is 5.96 Å². The molecule has 6 nitrogen and oxygen atoms in total. The third kappa shape index (κ3) is 6.29. The van der Waals surface area contributed by atoms with E-state index in [2.05, 4.69) is 48.7 Å². The lowest BCUT2D eigenvalue weighted by molar-refractivity contribution is 0.275. The van der Waals surface area contributed by atoms with Crippen molar-refractivity contribution in [1.29, 1.82) is 0 Å². The van der Waals surface area contributed by atoms with Crippen molar-refractivity contribution >= 4 is 16.0 Å². The van der Waals surface area contributed by atoms with E-state index in [0.29, 0.717) is 25.6 Å². The lowest BCUT2D eigenvalue weighted by atomic mass is 9.98. The first-order valence-electron chi connectivity index (χ1n) is 9.48. The maximum absolute atomic E-state index is 11.6. The molecule has 1 aromatic carbocycles. The standard InChI is InChI=1S/C19H32N4O2S/c1-4-17-8-6-7-9-18(17)15-22-19(20-5-2)21-14-16-10-12-23(13-11-16)26(3,24)25/h6-9,16H,4-5,10-15H2,1-3H3,(H2,20,21,22). The number of hydrogen-bond acceptors (Lipinski definition) is 3. The summed E-state index contributed by atoms with van der Waals surface area (Å²) in [6.07, 6.45) is 4.07. The van der Waals surface area contributed by atoms with Crippen LogP contribution in [0, 0.1) is 5.92 Å². The molecule has 1 aliphatic rings. The van der Waals surface area contributed by atoms with Crippen LogP contribution in [-0.2, 0) is 23.0 Å². The van der Waals surface area contributed by atoms with Crippen molar-refractivity contribution < 1.29 is 8.42 Å². The molecule has 0 bridgehead atoms. The van der Waals surface area contributed by atoms with Crippen LogP contribution in [0.5, 0.6) is 0 Å². The molecule has 7 heteroatoms. The van der Waals surface area contributed by atoms with Crippen LogP contribution < -0.4 is 10.6 Å². The summed E-state index contributed by atoms with van der Waals surface area (Å²) >= 11 is 0. The van der Waals surface area contributed by atoms with Gasteiger partial charge in [-0.25, -0.2) is 17.7 Å². The van der Waals surface area contributed by atoms with Crippen LogP contribution >= 0.6 is 0 Å². The molecule has 0 spiro atoms. The van der Waals surface area contributed by atoms with Gasteiger partial charge in [-0.15, -0.1) is 0 Å². The second-order valence-electron chi connectivity index (χ2n) is 6.80. The number of aliphatic imine (C=N–C) groups is 1. The number of nitrogens with zero attached hydrogens (tertiary/aromatic N) is 2. The number of guanidine groups is 1. The van der Waals surface area contributed by atoms with Crippen LogP contribution in [0.4, 0.5) is 0 Å². The van der Waals surface area contributed by atoms with E-state index in [-0.39, 0.29) is 0 Å². The summed E-state index contributed by atoms with van der Waals surface area (Å²) in [5.41, 5.74) is 2.59. The third-order valence-electron chi connectivity index (χ3n) is 4.85. The number of sulfonamides is 1. The van der Waals surface area contributed by atoms with Gasteiger partial charge in [-0.2, -0.15) is 0 Å². The zero-order valence-corrected chi connectivity index (χ0v) is 17.0. The Labute approximate surface area is 158 Å². The van der Waals surface area contributed by atoms with E-state index in [1.807, 2.05) is 0 Å². The van der Waals surface area contributed by atoms with Crippen LogP contribution in [0.3, 0.4) is 0 Å². The number of nitrogens with one attached hydrogen (secondary N) is 2. The van der Waals surface area contributed by atoms with Crippen LogP contribution in [0.1, 0.15) is 37.8 Å². The highest BCUT2D eigenvalue weighted by molar-refractivity contribution is 7.88. The van der Waals surface area contributed by atoms with Gasteiger partial charge in [0.2, 0.25) is 10.0 Å².